The summed E-state index contributed by atoms with van der Waals surface area (Å²) >= 11 is 8.39. The molecule has 0 spiro atoms. The van der Waals surface area contributed by atoms with Crippen LogP contribution in [0.2, 0.25) is 0 Å². The van der Waals surface area contributed by atoms with E-state index in [0.717, 1.165) is 29.6 Å². The van der Waals surface area contributed by atoms with E-state index in [1.54, 1.807) is 0 Å². The third kappa shape index (κ3) is 9.51. The summed E-state index contributed by atoms with van der Waals surface area (Å²) in [6, 6.07) is 0.600. The van der Waals surface area contributed by atoms with Crippen molar-refractivity contribution < 1.29 is 0 Å². The second kappa shape index (κ2) is 15.1. The highest BCUT2D eigenvalue weighted by atomic mass is 35.5. The Balaban J connectivity index is 1.17. The molecule has 0 bridgehead atoms. The molecule has 2 aliphatic heterocycles. The van der Waals surface area contributed by atoms with E-state index in [2.05, 4.69) is 54.9 Å². The van der Waals surface area contributed by atoms with Gasteiger partial charge in [-0.25, -0.2) is 0 Å². The molecule has 6 atom stereocenters. The van der Waals surface area contributed by atoms with Crippen LogP contribution in [0.4, 0.5) is 0 Å². The molecule has 0 radical (unpaired) electrons. The van der Waals surface area contributed by atoms with Gasteiger partial charge in [0.05, 0.1) is 5.37 Å². The third-order valence-corrected chi connectivity index (χ3v) is 12.2. The van der Waals surface area contributed by atoms with Gasteiger partial charge in [0.1, 0.15) is 0 Å². The van der Waals surface area contributed by atoms with Crippen molar-refractivity contribution in [1.82, 2.24) is 20.3 Å². The number of hydrogen-bond donors (Lipinski definition) is 3. The Morgan fingerprint density at radius 1 is 0.974 bits per heavy atom. The van der Waals surface area contributed by atoms with Gasteiger partial charge in [-0.1, -0.05) is 53.0 Å². The van der Waals surface area contributed by atoms with E-state index >= 15 is 0 Å². The van der Waals surface area contributed by atoms with Gasteiger partial charge in [-0.15, -0.1) is 11.6 Å². The molecule has 0 aromatic rings. The van der Waals surface area contributed by atoms with Crippen LogP contribution >= 0.6 is 23.5 Å². The summed E-state index contributed by atoms with van der Waals surface area (Å²) in [6.45, 7) is 19.6. The van der Waals surface area contributed by atoms with Gasteiger partial charge in [0.15, 0.2) is 0 Å². The highest BCUT2D eigenvalue weighted by Gasteiger charge is 2.41. The second-order valence-electron chi connectivity index (χ2n) is 14.8. The van der Waals surface area contributed by atoms with Crippen LogP contribution in [0.3, 0.4) is 0 Å². The van der Waals surface area contributed by atoms with Crippen molar-refractivity contribution in [1.29, 1.82) is 0 Å². The lowest BCUT2D eigenvalue weighted by atomic mass is 9.64. The molecule has 0 aromatic heterocycles. The maximum absolute atomic E-state index is 6.43. The van der Waals surface area contributed by atoms with Crippen LogP contribution in [0.5, 0.6) is 0 Å². The molecule has 2 saturated carbocycles. The number of halogens is 1. The van der Waals surface area contributed by atoms with Gasteiger partial charge in [-0.3, -0.25) is 4.72 Å². The fraction of sp³-hybridized carbons (Fsp3) is 1.00. The third-order valence-electron chi connectivity index (χ3n) is 10.7. The summed E-state index contributed by atoms with van der Waals surface area (Å²) < 4.78 is 3.75. The highest BCUT2D eigenvalue weighted by Crippen LogP contribution is 2.45. The van der Waals surface area contributed by atoms with Gasteiger partial charge < -0.3 is 15.5 Å². The van der Waals surface area contributed by atoms with E-state index in [1.807, 2.05) is 11.9 Å². The summed E-state index contributed by atoms with van der Waals surface area (Å²) in [5.74, 6) is 4.98. The van der Waals surface area contributed by atoms with Crippen LogP contribution in [0, 0.1) is 40.9 Å². The van der Waals surface area contributed by atoms with Gasteiger partial charge in [-0.05, 0) is 125 Å². The number of hydrogen-bond acceptors (Lipinski definition) is 5. The lowest BCUT2D eigenvalue weighted by molar-refractivity contribution is 0.00453. The van der Waals surface area contributed by atoms with Crippen molar-refractivity contribution in [3.05, 3.63) is 0 Å². The van der Waals surface area contributed by atoms with E-state index < -0.39 is 0 Å². The van der Waals surface area contributed by atoms with E-state index in [9.17, 15) is 0 Å². The Bertz CT molecular complexity index is 674. The molecule has 4 nitrogen and oxygen atoms in total. The number of likely N-dealkylation sites (tertiary alicyclic amines) is 1. The molecule has 3 N–H and O–H groups in total. The highest BCUT2D eigenvalue weighted by molar-refractivity contribution is 7.98. The molecule has 6 heteroatoms. The SMILES string of the molecule is CC1CCC(SNCC2CCCC(CN[C@@H](CN3CC[C@H](C4CCC(Cl)CC4)C(C)(C)C3)C(C)C)C2)NC1. The van der Waals surface area contributed by atoms with Gasteiger partial charge in [0, 0.05) is 31.1 Å². The lowest BCUT2D eigenvalue weighted by Gasteiger charge is -2.49. The molecule has 4 aliphatic rings. The van der Waals surface area contributed by atoms with E-state index in [4.69, 9.17) is 11.6 Å². The van der Waals surface area contributed by atoms with Crippen molar-refractivity contribution in [2.24, 2.45) is 40.9 Å². The fourth-order valence-corrected chi connectivity index (χ4v) is 9.43. The molecule has 4 fully saturated rings. The van der Waals surface area contributed by atoms with Gasteiger partial charge in [0.25, 0.3) is 0 Å². The molecule has 4 unspecified atom stereocenters. The van der Waals surface area contributed by atoms with Crippen LogP contribution in [0.15, 0.2) is 0 Å². The smallest absolute Gasteiger partial charge is 0.0679 e. The zero-order valence-corrected chi connectivity index (χ0v) is 27.0. The number of rotatable bonds is 11. The zero-order valence-electron chi connectivity index (χ0n) is 25.5. The first kappa shape index (κ1) is 31.4. The number of nitrogens with zero attached hydrogens (tertiary/aromatic N) is 1. The van der Waals surface area contributed by atoms with E-state index in [1.165, 1.54) is 110 Å². The predicted octanol–water partition coefficient (Wildman–Crippen LogP) is 7.14. The minimum atomic E-state index is 0.413. The van der Waals surface area contributed by atoms with Crippen LogP contribution in [0.25, 0.3) is 0 Å². The first-order chi connectivity index (χ1) is 18.2. The van der Waals surface area contributed by atoms with Crippen LogP contribution in [-0.2, 0) is 0 Å². The second-order valence-corrected chi connectivity index (χ2v) is 16.5. The first-order valence-corrected chi connectivity index (χ1v) is 17.7. The molecule has 38 heavy (non-hydrogen) atoms. The molecule has 2 saturated heterocycles. The Kier molecular flexibility index (Phi) is 12.5. The van der Waals surface area contributed by atoms with Crippen molar-refractivity contribution >= 4 is 23.5 Å². The van der Waals surface area contributed by atoms with Crippen LogP contribution < -0.4 is 15.4 Å². The van der Waals surface area contributed by atoms with E-state index in [-0.39, 0.29) is 0 Å². The molecule has 222 valence electrons. The van der Waals surface area contributed by atoms with Crippen LogP contribution in [0.1, 0.15) is 105 Å². The zero-order chi connectivity index (χ0) is 27.1. The quantitative estimate of drug-likeness (QED) is 0.182. The Labute approximate surface area is 245 Å². The number of alkyl halides is 1. The van der Waals surface area contributed by atoms with Crippen LogP contribution in [-0.4, -0.2) is 61.0 Å². The van der Waals surface area contributed by atoms with Gasteiger partial charge in [-0.2, -0.15) is 0 Å². The standard InChI is InChI=1S/C32H61ClN4S/c1-23(2)30(21-37-16-15-29(32(4,5)22-37)27-10-12-28(33)13-11-27)34-19-25-7-6-8-26(17-25)20-36-38-31-14-9-24(3)18-35-31/h23-31,34-36H,6-22H2,1-5H3/t24?,25?,26?,27?,28?,29-,30+,31?/m1/s1. The largest absolute Gasteiger partial charge is 0.312 e. The number of piperidine rings is 2. The fourth-order valence-electron chi connectivity index (χ4n) is 8.22. The van der Waals surface area contributed by atoms with E-state index in [0.29, 0.717) is 28.1 Å². The normalized spacial score (nSPS) is 37.8. The average molecular weight is 569 g/mol. The monoisotopic (exact) mass is 568 g/mol. The van der Waals surface area contributed by atoms with Crippen molar-refractivity contribution in [2.45, 2.75) is 122 Å². The summed E-state index contributed by atoms with van der Waals surface area (Å²) in [7, 11) is 0. The number of nitrogens with one attached hydrogen (secondary N) is 3. The lowest BCUT2D eigenvalue weighted by Crippen LogP contribution is -2.53. The first-order valence-electron chi connectivity index (χ1n) is 16.4. The Morgan fingerprint density at radius 2 is 1.71 bits per heavy atom. The molecule has 0 aromatic carbocycles. The summed E-state index contributed by atoms with van der Waals surface area (Å²) in [4.78, 5) is 2.80. The topological polar surface area (TPSA) is 39.3 Å². The molecular weight excluding hydrogens is 508 g/mol. The molecule has 4 rings (SSSR count). The summed E-state index contributed by atoms with van der Waals surface area (Å²) in [5, 5.41) is 8.82. The van der Waals surface area contributed by atoms with Gasteiger partial charge in [0.2, 0.25) is 0 Å². The molecular formula is C32H61ClN4S. The van der Waals surface area contributed by atoms with Gasteiger partial charge >= 0.3 is 0 Å². The maximum atomic E-state index is 6.43. The average Bonchev–Trinajstić information content (AvgIpc) is 2.88. The Morgan fingerprint density at radius 3 is 2.37 bits per heavy atom. The summed E-state index contributed by atoms with van der Waals surface area (Å²) in [5.41, 5.74) is 0.413. The minimum Gasteiger partial charge on any atom is -0.312 e. The molecule has 0 amide bonds. The van der Waals surface area contributed by atoms with Crippen molar-refractivity contribution in [3.8, 4) is 0 Å². The van der Waals surface area contributed by atoms with Crippen molar-refractivity contribution in [2.75, 3.05) is 39.3 Å². The Hall–Kier alpha value is 0.480. The molecule has 2 heterocycles. The maximum Gasteiger partial charge on any atom is 0.0679 e. The predicted molar refractivity (Wildman–Crippen MR) is 168 cm³/mol. The molecule has 2 aliphatic carbocycles. The minimum absolute atomic E-state index is 0.413. The van der Waals surface area contributed by atoms with Crippen molar-refractivity contribution in [3.63, 3.8) is 0 Å². The summed E-state index contributed by atoms with van der Waals surface area (Å²) in [6.07, 6.45) is 14.8.